The summed E-state index contributed by atoms with van der Waals surface area (Å²) in [6.07, 6.45) is 3.38. The molecule has 4 rings (SSSR count). The van der Waals surface area contributed by atoms with E-state index in [4.69, 9.17) is 11.6 Å². The zero-order chi connectivity index (χ0) is 22.5. The smallest absolute Gasteiger partial charge is 0.323 e. The summed E-state index contributed by atoms with van der Waals surface area (Å²) in [5.41, 5.74) is 1.55. The fraction of sp³-hybridized carbons (Fsp3) is 0.435. The minimum Gasteiger partial charge on any atom is -0.323 e. The molecule has 1 N–H and O–H groups in total. The van der Waals surface area contributed by atoms with E-state index in [1.165, 1.54) is 12.1 Å². The lowest BCUT2D eigenvalue weighted by molar-refractivity contribution is -0.133. The Bertz CT molecular complexity index is 1100. The van der Waals surface area contributed by atoms with Gasteiger partial charge in [0.05, 0.1) is 11.6 Å². The molecule has 1 aromatic carbocycles. The van der Waals surface area contributed by atoms with Gasteiger partial charge < -0.3 is 9.88 Å². The number of halogens is 2. The minimum absolute atomic E-state index is 0.0101. The minimum atomic E-state index is -0.892. The van der Waals surface area contributed by atoms with Crippen LogP contribution in [0.25, 0.3) is 5.69 Å². The van der Waals surface area contributed by atoms with Crippen LogP contribution < -0.4 is 5.32 Å². The van der Waals surface area contributed by atoms with Gasteiger partial charge in [0.15, 0.2) is 5.78 Å². The summed E-state index contributed by atoms with van der Waals surface area (Å²) in [5.74, 6) is -1.12. The number of imide groups is 1. The highest BCUT2D eigenvalue weighted by Crippen LogP contribution is 2.38. The number of nitrogens with one attached hydrogen (secondary N) is 1. The van der Waals surface area contributed by atoms with Gasteiger partial charge in [0.2, 0.25) is 0 Å². The summed E-state index contributed by atoms with van der Waals surface area (Å²) in [7, 11) is 0. The van der Waals surface area contributed by atoms with Gasteiger partial charge in [0.1, 0.15) is 11.4 Å². The third-order valence-electron chi connectivity index (χ3n) is 6.70. The van der Waals surface area contributed by atoms with E-state index in [0.29, 0.717) is 23.4 Å². The Kier molecular flexibility index (Phi) is 5.41. The summed E-state index contributed by atoms with van der Waals surface area (Å²) in [4.78, 5) is 39.9. The zero-order valence-corrected chi connectivity index (χ0v) is 18.6. The number of Topliss-reactive ketones (excluding diaryl/α,β-unsaturated/α-hetero) is 1. The second-order valence-corrected chi connectivity index (χ2v) is 8.99. The molecule has 1 aliphatic carbocycles. The second kappa shape index (κ2) is 7.79. The van der Waals surface area contributed by atoms with Gasteiger partial charge >= 0.3 is 6.03 Å². The van der Waals surface area contributed by atoms with Gasteiger partial charge in [-0.1, -0.05) is 31.4 Å². The standard InChI is InChI=1S/C23H25ClFN3O3/c1-13-6-4-5-9-23(13)21(30)27(22(31)26-23)12-20(29)17-10-14(2)28(15(17)3)16-7-8-19(25)18(24)11-16/h7-8,10-11,13H,4-6,9,12H2,1-3H3,(H,26,31). The third kappa shape index (κ3) is 3.45. The number of aryl methyl sites for hydroxylation is 1. The van der Waals surface area contributed by atoms with Crippen molar-refractivity contribution in [3.8, 4) is 5.69 Å². The average Bonchev–Trinajstić information content (AvgIpc) is 3.15. The van der Waals surface area contributed by atoms with E-state index in [-0.39, 0.29) is 29.2 Å². The Morgan fingerprint density at radius 1 is 1.26 bits per heavy atom. The third-order valence-corrected chi connectivity index (χ3v) is 6.99. The van der Waals surface area contributed by atoms with Crippen molar-refractivity contribution < 1.29 is 18.8 Å². The van der Waals surface area contributed by atoms with Crippen molar-refractivity contribution in [1.29, 1.82) is 0 Å². The van der Waals surface area contributed by atoms with Gasteiger partial charge in [-0.25, -0.2) is 9.18 Å². The highest BCUT2D eigenvalue weighted by Gasteiger charge is 2.55. The largest absolute Gasteiger partial charge is 0.325 e. The molecular weight excluding hydrogens is 421 g/mol. The second-order valence-electron chi connectivity index (χ2n) is 8.58. The number of hydrogen-bond acceptors (Lipinski definition) is 3. The molecule has 0 radical (unpaired) electrons. The lowest BCUT2D eigenvalue weighted by Crippen LogP contribution is -2.54. The van der Waals surface area contributed by atoms with Crippen LogP contribution in [0.3, 0.4) is 0 Å². The topological polar surface area (TPSA) is 71.4 Å². The first-order valence-corrected chi connectivity index (χ1v) is 10.8. The first kappa shape index (κ1) is 21.6. The molecule has 2 fully saturated rings. The molecule has 1 spiro atoms. The molecule has 1 aromatic heterocycles. The normalized spacial score (nSPS) is 23.5. The lowest BCUT2D eigenvalue weighted by atomic mass is 9.73. The molecule has 3 amide bonds. The summed E-state index contributed by atoms with van der Waals surface area (Å²) in [6.45, 7) is 5.26. The molecule has 2 aliphatic rings. The zero-order valence-electron chi connectivity index (χ0n) is 17.8. The summed E-state index contributed by atoms with van der Waals surface area (Å²) in [6, 6.07) is 5.56. The first-order valence-electron chi connectivity index (χ1n) is 10.5. The molecule has 2 unspecified atom stereocenters. The van der Waals surface area contributed by atoms with Gasteiger partial charge in [-0.3, -0.25) is 14.5 Å². The molecule has 6 nitrogen and oxygen atoms in total. The van der Waals surface area contributed by atoms with E-state index in [9.17, 15) is 18.8 Å². The highest BCUT2D eigenvalue weighted by molar-refractivity contribution is 6.30. The van der Waals surface area contributed by atoms with E-state index in [2.05, 4.69) is 5.32 Å². The molecule has 31 heavy (non-hydrogen) atoms. The van der Waals surface area contributed by atoms with Crippen LogP contribution in [0.15, 0.2) is 24.3 Å². The SMILES string of the molecule is Cc1cc(C(=O)CN2C(=O)NC3(CCCCC3C)C2=O)c(C)n1-c1ccc(F)c(Cl)c1. The summed E-state index contributed by atoms with van der Waals surface area (Å²) >= 11 is 5.92. The van der Waals surface area contributed by atoms with Crippen molar-refractivity contribution in [2.75, 3.05) is 6.54 Å². The molecule has 164 valence electrons. The van der Waals surface area contributed by atoms with Crippen molar-refractivity contribution in [3.63, 3.8) is 0 Å². The Hall–Kier alpha value is -2.67. The predicted octanol–water partition coefficient (Wildman–Crippen LogP) is 4.57. The fourth-order valence-corrected chi connectivity index (χ4v) is 5.11. The Morgan fingerprint density at radius 2 is 2.00 bits per heavy atom. The molecule has 2 atom stereocenters. The number of nitrogens with zero attached hydrogens (tertiary/aromatic N) is 2. The number of carbonyl (C=O) groups excluding carboxylic acids is 3. The van der Waals surface area contributed by atoms with Crippen LogP contribution in [0, 0.1) is 25.6 Å². The number of carbonyl (C=O) groups is 3. The van der Waals surface area contributed by atoms with Crippen molar-refractivity contribution in [2.24, 2.45) is 5.92 Å². The van der Waals surface area contributed by atoms with Gasteiger partial charge in [-0.15, -0.1) is 0 Å². The molecule has 0 bridgehead atoms. The van der Waals surface area contributed by atoms with E-state index in [0.717, 1.165) is 29.9 Å². The van der Waals surface area contributed by atoms with E-state index in [1.54, 1.807) is 23.6 Å². The Morgan fingerprint density at radius 3 is 2.68 bits per heavy atom. The molecule has 2 aromatic rings. The summed E-state index contributed by atoms with van der Waals surface area (Å²) in [5, 5.41) is 2.86. The Labute approximate surface area is 185 Å². The van der Waals surface area contributed by atoms with Crippen LogP contribution in [0.5, 0.6) is 0 Å². The Balaban J connectivity index is 1.60. The maximum absolute atomic E-state index is 13.6. The van der Waals surface area contributed by atoms with Crippen molar-refractivity contribution in [1.82, 2.24) is 14.8 Å². The van der Waals surface area contributed by atoms with Gasteiger partial charge in [-0.05, 0) is 56.9 Å². The maximum Gasteiger partial charge on any atom is 0.325 e. The number of amides is 3. The molecule has 8 heteroatoms. The number of ketones is 1. The van der Waals surface area contributed by atoms with Crippen LogP contribution in [-0.4, -0.2) is 39.3 Å². The average molecular weight is 446 g/mol. The first-order chi connectivity index (χ1) is 14.7. The van der Waals surface area contributed by atoms with E-state index < -0.39 is 17.4 Å². The molecular formula is C23H25ClFN3O3. The van der Waals surface area contributed by atoms with Crippen LogP contribution >= 0.6 is 11.6 Å². The van der Waals surface area contributed by atoms with Crippen LogP contribution in [-0.2, 0) is 4.79 Å². The number of benzene rings is 1. The molecule has 2 heterocycles. The lowest BCUT2D eigenvalue weighted by Gasteiger charge is -2.36. The van der Waals surface area contributed by atoms with Gasteiger partial charge in [0.25, 0.3) is 5.91 Å². The molecule has 1 saturated carbocycles. The van der Waals surface area contributed by atoms with Crippen molar-refractivity contribution >= 4 is 29.3 Å². The fourth-order valence-electron chi connectivity index (χ4n) is 4.93. The number of rotatable bonds is 4. The number of hydrogen-bond donors (Lipinski definition) is 1. The monoisotopic (exact) mass is 445 g/mol. The predicted molar refractivity (Wildman–Crippen MR) is 115 cm³/mol. The highest BCUT2D eigenvalue weighted by atomic mass is 35.5. The van der Waals surface area contributed by atoms with E-state index >= 15 is 0 Å². The quantitative estimate of drug-likeness (QED) is 0.553. The summed E-state index contributed by atoms with van der Waals surface area (Å²) < 4.78 is 15.4. The van der Waals surface area contributed by atoms with Gasteiger partial charge in [-0.2, -0.15) is 0 Å². The molecule has 1 aliphatic heterocycles. The van der Waals surface area contributed by atoms with Crippen LogP contribution in [0.2, 0.25) is 5.02 Å². The van der Waals surface area contributed by atoms with Crippen molar-refractivity contribution in [3.05, 3.63) is 52.1 Å². The van der Waals surface area contributed by atoms with Crippen LogP contribution in [0.1, 0.15) is 54.4 Å². The number of aromatic nitrogens is 1. The maximum atomic E-state index is 13.6. The van der Waals surface area contributed by atoms with E-state index in [1.807, 2.05) is 13.8 Å². The van der Waals surface area contributed by atoms with Crippen molar-refractivity contribution in [2.45, 2.75) is 52.0 Å². The number of urea groups is 1. The van der Waals surface area contributed by atoms with Gasteiger partial charge in [0, 0.05) is 22.6 Å². The molecule has 1 saturated heterocycles. The van der Waals surface area contributed by atoms with Crippen LogP contribution in [0.4, 0.5) is 9.18 Å².